The van der Waals surface area contributed by atoms with Crippen molar-refractivity contribution < 1.29 is 51.3 Å². The second-order valence-electron chi connectivity index (χ2n) is 16.3. The largest absolute Gasteiger partial charge is 0.497 e. The molecule has 0 aliphatic carbocycles. The summed E-state index contributed by atoms with van der Waals surface area (Å²) in [6.45, 7) is -3.47. The summed E-state index contributed by atoms with van der Waals surface area (Å²) in [7, 11) is -0.354. The Morgan fingerprint density at radius 1 is 0.814 bits per heavy atom. The number of imidazole rings is 1. The highest BCUT2D eigenvalue weighted by Gasteiger charge is 2.47. The number of H-pyrrole nitrogens is 1. The Labute approximate surface area is 405 Å². The zero-order chi connectivity index (χ0) is 49.0. The molecule has 0 saturated carbocycles. The first-order valence-electron chi connectivity index (χ1n) is 22.0. The molecule has 8 atom stereocenters. The topological polar surface area (TPSA) is 253 Å². The molecule has 0 radical (unpaired) electrons. The maximum absolute atomic E-state index is 15.5. The predicted octanol–water partition coefficient (Wildman–Crippen LogP) is 6.94. The lowest BCUT2D eigenvalue weighted by Gasteiger charge is -2.37. The Hall–Kier alpha value is -5.96. The monoisotopic (exact) mass is 1010 g/mol. The Morgan fingerprint density at radius 2 is 1.40 bits per heavy atom. The van der Waals surface area contributed by atoms with Crippen molar-refractivity contribution in [1.29, 1.82) is 0 Å². The number of nitrogens with one attached hydrogen (secondary N) is 1. The molecule has 4 N–H and O–H groups in total. The second-order valence-corrected chi connectivity index (χ2v) is 21.0. The Bertz CT molecular complexity index is 3060. The molecule has 5 heterocycles. The van der Waals surface area contributed by atoms with Gasteiger partial charge in [0.25, 0.3) is 5.56 Å². The van der Waals surface area contributed by atoms with Gasteiger partial charge < -0.3 is 38.8 Å². The van der Waals surface area contributed by atoms with Gasteiger partial charge in [0.2, 0.25) is 0 Å². The minimum atomic E-state index is -4.37. The molecule has 70 heavy (non-hydrogen) atoms. The fraction of sp³-hybridized carbons (Fsp3) is 0.298. The molecule has 20 nitrogen and oxygen atoms in total. The van der Waals surface area contributed by atoms with Gasteiger partial charge in [-0.25, -0.2) is 24.3 Å². The van der Waals surface area contributed by atoms with E-state index in [9.17, 15) is 19.0 Å². The summed E-state index contributed by atoms with van der Waals surface area (Å²) in [5, 5.41) is 0. The number of methoxy groups -OCH3 is 2. The van der Waals surface area contributed by atoms with Gasteiger partial charge in [-0.05, 0) is 71.4 Å². The molecular formula is C47H49N7O13P2S. The van der Waals surface area contributed by atoms with Gasteiger partial charge >= 0.3 is 20.7 Å². The minimum absolute atomic E-state index is 0.0799. The van der Waals surface area contributed by atoms with Crippen LogP contribution in [0, 0.1) is 6.92 Å². The van der Waals surface area contributed by atoms with Gasteiger partial charge in [0.1, 0.15) is 59.7 Å². The SMILES string of the molecule is COc1ccc(C(OC[C@H]2O[C@@H](n3cnc4c(N)ncnc43)C[C@H]2OP(=O)(OC[C@H]2O[C@@H](n3cc(C)c(=O)[nH]c3=O)C[C@H]2O[PH](=O)O)Sc2ccccc2)(c2ccccc2)c2ccc(OC)cc2)cc1. The van der Waals surface area contributed by atoms with Crippen molar-refractivity contribution in [3.63, 3.8) is 0 Å². The maximum atomic E-state index is 15.5. The van der Waals surface area contributed by atoms with E-state index in [1.165, 1.54) is 25.8 Å². The molecule has 2 saturated heterocycles. The lowest BCUT2D eigenvalue weighted by molar-refractivity contribution is -0.0914. The highest BCUT2D eigenvalue weighted by Crippen LogP contribution is 2.66. The molecule has 7 aromatic rings. The van der Waals surface area contributed by atoms with Crippen molar-refractivity contribution in [3.05, 3.63) is 171 Å². The zero-order valence-corrected chi connectivity index (χ0v) is 40.6. The minimum Gasteiger partial charge on any atom is -0.497 e. The summed E-state index contributed by atoms with van der Waals surface area (Å²) in [6.07, 6.45) is -1.84. The van der Waals surface area contributed by atoms with Gasteiger partial charge in [0.15, 0.2) is 11.5 Å². The van der Waals surface area contributed by atoms with Crippen LogP contribution in [0.3, 0.4) is 0 Å². The molecule has 0 bridgehead atoms. The van der Waals surface area contributed by atoms with Gasteiger partial charge in [-0.15, -0.1) is 0 Å². The first-order valence-corrected chi connectivity index (χ1v) is 26.2. The van der Waals surface area contributed by atoms with Crippen LogP contribution in [-0.2, 0) is 42.5 Å². The fourth-order valence-corrected chi connectivity index (χ4v) is 12.6. The highest BCUT2D eigenvalue weighted by atomic mass is 32.7. The number of aromatic amines is 1. The van der Waals surface area contributed by atoms with E-state index in [0.29, 0.717) is 27.6 Å². The average molecular weight is 1010 g/mol. The van der Waals surface area contributed by atoms with E-state index in [0.717, 1.165) is 32.6 Å². The van der Waals surface area contributed by atoms with Crippen LogP contribution in [0.4, 0.5) is 5.82 Å². The Balaban J connectivity index is 1.08. The molecule has 0 amide bonds. The van der Waals surface area contributed by atoms with E-state index >= 15 is 4.57 Å². The molecule has 9 rings (SSSR count). The van der Waals surface area contributed by atoms with Crippen LogP contribution in [0.5, 0.6) is 11.5 Å². The van der Waals surface area contributed by atoms with E-state index in [1.54, 1.807) is 43.1 Å². The number of ether oxygens (including phenoxy) is 5. The number of aryl methyl sites for hydroxylation is 1. The lowest BCUT2D eigenvalue weighted by atomic mass is 9.80. The summed E-state index contributed by atoms with van der Waals surface area (Å²) in [5.74, 6) is 1.45. The van der Waals surface area contributed by atoms with Crippen LogP contribution in [0.25, 0.3) is 11.2 Å². The number of hydrogen-bond donors (Lipinski definition) is 3. The van der Waals surface area contributed by atoms with Crippen LogP contribution in [0.2, 0.25) is 0 Å². The quantitative estimate of drug-likeness (QED) is 0.0548. The molecule has 2 aliphatic heterocycles. The number of nitrogen functional groups attached to an aromatic ring is 1. The number of fused-ring (bicyclic) bond motifs is 1. The predicted molar refractivity (Wildman–Crippen MR) is 258 cm³/mol. The highest BCUT2D eigenvalue weighted by molar-refractivity contribution is 8.55. The van der Waals surface area contributed by atoms with Crippen molar-refractivity contribution in [2.45, 2.75) is 67.1 Å². The number of benzene rings is 4. The molecule has 2 fully saturated rings. The summed E-state index contributed by atoms with van der Waals surface area (Å²) in [6, 6.07) is 33.7. The molecule has 4 aromatic carbocycles. The van der Waals surface area contributed by atoms with Gasteiger partial charge in [-0.1, -0.05) is 72.8 Å². The summed E-state index contributed by atoms with van der Waals surface area (Å²) in [4.78, 5) is 50.8. The second kappa shape index (κ2) is 21.2. The first-order chi connectivity index (χ1) is 33.9. The van der Waals surface area contributed by atoms with Crippen molar-refractivity contribution in [2.75, 3.05) is 33.2 Å². The van der Waals surface area contributed by atoms with Gasteiger partial charge in [0.05, 0.1) is 39.9 Å². The molecule has 366 valence electrons. The number of nitrogens with two attached hydrogens (primary N) is 1. The van der Waals surface area contributed by atoms with Crippen LogP contribution in [-0.4, -0.2) is 85.8 Å². The molecule has 23 heteroatoms. The summed E-state index contributed by atoms with van der Waals surface area (Å²) < 4.78 is 80.4. The number of rotatable bonds is 19. The Kier molecular flexibility index (Phi) is 14.8. The van der Waals surface area contributed by atoms with Crippen LogP contribution in [0.15, 0.2) is 143 Å². The van der Waals surface area contributed by atoms with Crippen LogP contribution < -0.4 is 26.5 Å². The normalized spacial score (nSPS) is 21.7. The van der Waals surface area contributed by atoms with Crippen molar-refractivity contribution in [1.82, 2.24) is 29.1 Å². The first kappa shape index (κ1) is 49.0. The fourth-order valence-electron chi connectivity index (χ4n) is 8.59. The summed E-state index contributed by atoms with van der Waals surface area (Å²) >= 11 is 0.845. The summed E-state index contributed by atoms with van der Waals surface area (Å²) in [5.41, 5.74) is 6.88. The average Bonchev–Trinajstić information content (AvgIpc) is 4.10. The molecule has 2 unspecified atom stereocenters. The smallest absolute Gasteiger partial charge is 0.394 e. The molecular weight excluding hydrogens is 965 g/mol. The van der Waals surface area contributed by atoms with Gasteiger partial charge in [0, 0.05) is 29.5 Å². The number of aromatic nitrogens is 6. The third kappa shape index (κ3) is 10.4. The van der Waals surface area contributed by atoms with Crippen LogP contribution >= 0.6 is 26.4 Å². The van der Waals surface area contributed by atoms with Gasteiger partial charge in [-0.3, -0.25) is 32.5 Å². The van der Waals surface area contributed by atoms with Crippen molar-refractivity contribution in [2.24, 2.45) is 0 Å². The van der Waals surface area contributed by atoms with E-state index in [4.69, 9.17) is 43.0 Å². The van der Waals surface area contributed by atoms with E-state index in [-0.39, 0.29) is 30.8 Å². The molecule has 2 aliphatic rings. The third-order valence-electron chi connectivity index (χ3n) is 12.0. The van der Waals surface area contributed by atoms with Crippen molar-refractivity contribution >= 4 is 43.4 Å². The number of hydrogen-bond acceptors (Lipinski definition) is 17. The number of nitrogens with zero attached hydrogens (tertiary/aromatic N) is 5. The van der Waals surface area contributed by atoms with Gasteiger partial charge in [-0.2, -0.15) is 0 Å². The zero-order valence-electron chi connectivity index (χ0n) is 37.9. The number of anilines is 1. The van der Waals surface area contributed by atoms with Crippen molar-refractivity contribution in [3.8, 4) is 11.5 Å². The lowest BCUT2D eigenvalue weighted by Crippen LogP contribution is -2.38. The van der Waals surface area contributed by atoms with E-state index in [2.05, 4.69) is 19.9 Å². The molecule has 0 spiro atoms. The molecule has 3 aromatic heterocycles. The standard InChI is InChI=1S/C47H49N7O13P2S/c1-29-24-53(46(56)52-45(29)55)40-22-36(66-68(57)58)39(65-40)26-63-69(59,70-35-12-8-5-9-13-35)67-37-23-41(54-28-51-42-43(48)49-27-50-44(42)54)64-38(37)25-62-47(30-10-6-4-7-11-30,31-14-18-33(60-2)19-15-31)32-16-20-34(61-3)21-17-32/h4-21,24,27-28,36-41,68H,22-23,25-26H2,1-3H3,(H,57,58)(H2,48,49,50)(H,52,55,56)/t36-,37-,38-,39-,40-,41-,69?/m1/s1. The van der Waals surface area contributed by atoms with Crippen LogP contribution in [0.1, 0.15) is 47.6 Å². The maximum Gasteiger partial charge on any atom is 0.394 e. The third-order valence-corrected chi connectivity index (χ3v) is 16.1. The van der Waals surface area contributed by atoms with E-state index < -0.39 is 75.4 Å². The van der Waals surface area contributed by atoms with E-state index in [1.807, 2.05) is 84.9 Å². The Morgan fingerprint density at radius 3 is 2.03 bits per heavy atom.